The lowest BCUT2D eigenvalue weighted by atomic mass is 9.92. The van der Waals surface area contributed by atoms with E-state index in [1.165, 1.54) is 0 Å². The first kappa shape index (κ1) is 26.0. The van der Waals surface area contributed by atoms with Crippen LogP contribution in [0.1, 0.15) is 51.7 Å². The van der Waals surface area contributed by atoms with Crippen LogP contribution in [0.5, 0.6) is 17.2 Å². The summed E-state index contributed by atoms with van der Waals surface area (Å²) in [5.41, 5.74) is 6.32. The zero-order valence-corrected chi connectivity index (χ0v) is 22.0. The van der Waals surface area contributed by atoms with E-state index in [1.807, 2.05) is 18.2 Å². The fourth-order valence-corrected chi connectivity index (χ4v) is 5.00. The molecule has 0 aromatic heterocycles. The average molecular weight is 493 g/mol. The smallest absolute Gasteiger partial charge is 0.122 e. The summed E-state index contributed by atoms with van der Waals surface area (Å²) in [6, 6.07) is 18.7. The summed E-state index contributed by atoms with van der Waals surface area (Å²) in [6.45, 7) is 0. The van der Waals surface area contributed by atoms with Crippen molar-refractivity contribution in [2.45, 2.75) is 37.6 Å². The summed E-state index contributed by atoms with van der Waals surface area (Å²) < 4.78 is 34.9. The van der Waals surface area contributed by atoms with Gasteiger partial charge in [0.05, 0.1) is 39.6 Å². The SMILES string of the molecule is COc1cc2ccc3cc(OC)c(ccc4c(OC)cc(ccc1C[C@H]2OC)[C@H](OC)C4)C[C@H]3OC. The molecule has 8 aliphatic rings. The molecular weight excluding hydrogens is 456 g/mol. The Morgan fingerprint density at radius 2 is 0.722 bits per heavy atom. The van der Waals surface area contributed by atoms with Gasteiger partial charge in [-0.1, -0.05) is 36.4 Å². The normalized spacial score (nSPS) is 19.7. The van der Waals surface area contributed by atoms with E-state index in [9.17, 15) is 0 Å². The molecule has 0 N–H and O–H groups in total. The van der Waals surface area contributed by atoms with Gasteiger partial charge in [-0.2, -0.15) is 0 Å². The van der Waals surface area contributed by atoms with Gasteiger partial charge in [0.15, 0.2) is 0 Å². The summed E-state index contributed by atoms with van der Waals surface area (Å²) in [5.74, 6) is 2.45. The van der Waals surface area contributed by atoms with Crippen LogP contribution < -0.4 is 14.2 Å². The van der Waals surface area contributed by atoms with Gasteiger partial charge in [-0.25, -0.2) is 0 Å². The van der Waals surface area contributed by atoms with E-state index in [1.54, 1.807) is 42.7 Å². The van der Waals surface area contributed by atoms with Gasteiger partial charge in [0.1, 0.15) is 17.2 Å². The van der Waals surface area contributed by atoms with E-state index < -0.39 is 0 Å². The predicted molar refractivity (Wildman–Crippen MR) is 139 cm³/mol. The third-order valence-corrected chi connectivity index (χ3v) is 7.12. The van der Waals surface area contributed by atoms with Crippen LogP contribution >= 0.6 is 0 Å². The average Bonchev–Trinajstić information content (AvgIpc) is 2.92. The minimum absolute atomic E-state index is 0.0958. The molecule has 3 atom stereocenters. The van der Waals surface area contributed by atoms with Crippen LogP contribution in [0.3, 0.4) is 0 Å². The third kappa shape index (κ3) is 5.36. The van der Waals surface area contributed by atoms with Crippen LogP contribution in [-0.2, 0) is 33.5 Å². The lowest BCUT2D eigenvalue weighted by Gasteiger charge is -2.24. The summed E-state index contributed by atoms with van der Waals surface area (Å²) in [4.78, 5) is 0. The monoisotopic (exact) mass is 492 g/mol. The van der Waals surface area contributed by atoms with Crippen LogP contribution in [-0.4, -0.2) is 42.7 Å². The van der Waals surface area contributed by atoms with Gasteiger partial charge in [-0.3, -0.25) is 0 Å². The van der Waals surface area contributed by atoms with Crippen molar-refractivity contribution in [2.24, 2.45) is 0 Å². The second-order valence-corrected chi connectivity index (χ2v) is 9.00. The first-order valence-electron chi connectivity index (χ1n) is 12.1. The lowest BCUT2D eigenvalue weighted by molar-refractivity contribution is 0.0990. The van der Waals surface area contributed by atoms with Crippen LogP contribution in [0.4, 0.5) is 0 Å². The zero-order chi connectivity index (χ0) is 25.7. The van der Waals surface area contributed by atoms with Crippen molar-refractivity contribution in [1.29, 1.82) is 0 Å². The van der Waals surface area contributed by atoms with Gasteiger partial charge >= 0.3 is 0 Å². The quantitative estimate of drug-likeness (QED) is 0.499. The standard InChI is InChI=1S/C30H36O6/c1-31-25-13-20-9-10-22-16-30(36-6)24(18-29(22)35-5)12-11-23-17-27(33-3)21(15-28(23)34-4)8-7-19(25)14-26(20)32-2/h7-13,15-16,26-27,29H,14,17-18H2,1-6H3/t26-,27-,29-/m1/s1. The molecule has 1 aromatic carbocycles. The highest BCUT2D eigenvalue weighted by Gasteiger charge is 2.23. The van der Waals surface area contributed by atoms with Crippen molar-refractivity contribution in [2.75, 3.05) is 42.7 Å². The molecule has 192 valence electrons. The maximum atomic E-state index is 5.87. The molecule has 0 amide bonds. The molecule has 0 unspecified atom stereocenters. The predicted octanol–water partition coefficient (Wildman–Crippen LogP) is 5.82. The molecule has 0 saturated carbocycles. The van der Waals surface area contributed by atoms with Crippen LogP contribution in [0, 0.1) is 0 Å². The van der Waals surface area contributed by atoms with E-state index in [4.69, 9.17) is 28.4 Å². The van der Waals surface area contributed by atoms with Crippen molar-refractivity contribution in [3.05, 3.63) is 88.0 Å². The second kappa shape index (κ2) is 11.8. The molecule has 0 spiro atoms. The number of rotatable bonds is 6. The number of methoxy groups -OCH3 is 6. The second-order valence-electron chi connectivity index (χ2n) is 9.00. The van der Waals surface area contributed by atoms with E-state index in [-0.39, 0.29) is 18.3 Å². The fourth-order valence-electron chi connectivity index (χ4n) is 5.00. The van der Waals surface area contributed by atoms with E-state index in [0.717, 1.165) is 50.6 Å². The Bertz CT molecular complexity index is 1170. The molecule has 0 heterocycles. The highest BCUT2D eigenvalue weighted by Crippen LogP contribution is 2.37. The molecule has 0 fully saturated rings. The Labute approximate surface area is 214 Å². The fraction of sp³-hybridized carbons (Fsp3) is 0.400. The Kier molecular flexibility index (Phi) is 8.52. The number of ether oxygens (including phenoxy) is 6. The molecule has 6 heteroatoms. The van der Waals surface area contributed by atoms with Crippen molar-refractivity contribution >= 4 is 0 Å². The highest BCUT2D eigenvalue weighted by molar-refractivity contribution is 5.45. The summed E-state index contributed by atoms with van der Waals surface area (Å²) in [7, 11) is 10.3. The Hall–Kier alpha value is -3.06. The number of hydrogen-bond donors (Lipinski definition) is 0. The molecule has 6 bridgehead atoms. The Morgan fingerprint density at radius 1 is 0.444 bits per heavy atom. The first-order chi connectivity index (χ1) is 17.5. The molecule has 1 aromatic rings. The summed E-state index contributed by atoms with van der Waals surface area (Å²) in [5, 5.41) is 0. The molecule has 36 heavy (non-hydrogen) atoms. The van der Waals surface area contributed by atoms with E-state index in [2.05, 4.69) is 36.4 Å². The van der Waals surface area contributed by atoms with E-state index in [0.29, 0.717) is 19.3 Å². The largest absolute Gasteiger partial charge is 0.496 e. The number of hydrogen-bond acceptors (Lipinski definition) is 6. The Morgan fingerprint density at radius 3 is 1.00 bits per heavy atom. The van der Waals surface area contributed by atoms with Gasteiger partial charge in [0.25, 0.3) is 0 Å². The summed E-state index contributed by atoms with van der Waals surface area (Å²) >= 11 is 0. The van der Waals surface area contributed by atoms with Crippen molar-refractivity contribution in [3.8, 4) is 17.2 Å². The maximum absolute atomic E-state index is 5.87. The van der Waals surface area contributed by atoms with Gasteiger partial charge in [0, 0.05) is 40.6 Å². The molecule has 0 aliphatic heterocycles. The maximum Gasteiger partial charge on any atom is 0.122 e. The molecule has 6 nitrogen and oxygen atoms in total. The van der Waals surface area contributed by atoms with Gasteiger partial charge < -0.3 is 28.4 Å². The van der Waals surface area contributed by atoms with Gasteiger partial charge in [-0.05, 0) is 51.6 Å². The molecular formula is C30H36O6. The van der Waals surface area contributed by atoms with Crippen molar-refractivity contribution in [3.63, 3.8) is 0 Å². The van der Waals surface area contributed by atoms with Gasteiger partial charge in [-0.15, -0.1) is 0 Å². The topological polar surface area (TPSA) is 55.4 Å². The minimum atomic E-state index is -0.0978. The lowest BCUT2D eigenvalue weighted by Crippen LogP contribution is -2.12. The van der Waals surface area contributed by atoms with Gasteiger partial charge in [0.2, 0.25) is 0 Å². The molecule has 0 saturated heterocycles. The van der Waals surface area contributed by atoms with Crippen LogP contribution in [0.15, 0.2) is 54.6 Å². The first-order valence-corrected chi connectivity index (χ1v) is 12.1. The molecule has 9 rings (SSSR count). The van der Waals surface area contributed by atoms with Crippen molar-refractivity contribution in [1.82, 2.24) is 0 Å². The zero-order valence-electron chi connectivity index (χ0n) is 22.0. The molecule has 8 aliphatic carbocycles. The third-order valence-electron chi connectivity index (χ3n) is 7.12. The van der Waals surface area contributed by atoms with Crippen LogP contribution in [0.25, 0.3) is 0 Å². The van der Waals surface area contributed by atoms with Crippen molar-refractivity contribution < 1.29 is 28.4 Å². The molecule has 0 radical (unpaired) electrons. The van der Waals surface area contributed by atoms with E-state index >= 15 is 0 Å². The van der Waals surface area contributed by atoms with Crippen LogP contribution in [0.2, 0.25) is 0 Å². The minimum Gasteiger partial charge on any atom is -0.496 e. The summed E-state index contributed by atoms with van der Waals surface area (Å²) in [6.07, 6.45) is 1.79. The Balaban J connectivity index is 2.10. The highest BCUT2D eigenvalue weighted by atomic mass is 16.5.